The van der Waals surface area contributed by atoms with Gasteiger partial charge < -0.3 is 0 Å². The van der Waals surface area contributed by atoms with E-state index in [1.54, 1.807) is 6.20 Å². The fourth-order valence-electron chi connectivity index (χ4n) is 1.18. The number of nitrogens with zero attached hydrogens (tertiary/aromatic N) is 1. The largest absolute Gasteiger partial charge is 0.253 e. The third-order valence-electron chi connectivity index (χ3n) is 2.05. The molecule has 78 valence electrons. The van der Waals surface area contributed by atoms with Crippen molar-refractivity contribution in [2.24, 2.45) is 0 Å². The molecule has 1 aromatic heterocycles. The Morgan fingerprint density at radius 1 is 1.36 bits per heavy atom. The third-order valence-corrected chi connectivity index (χ3v) is 3.42. The highest BCUT2D eigenvalue weighted by molar-refractivity contribution is 7.84. The minimum atomic E-state index is -0.904. The highest BCUT2D eigenvalue weighted by atomic mass is 32.2. The summed E-state index contributed by atoms with van der Waals surface area (Å²) in [6.45, 7) is 4.13. The highest BCUT2D eigenvalue weighted by Gasteiger charge is 2.03. The van der Waals surface area contributed by atoms with E-state index < -0.39 is 10.8 Å². The van der Waals surface area contributed by atoms with E-state index in [2.05, 4.69) is 11.9 Å². The van der Waals surface area contributed by atoms with Gasteiger partial charge in [-0.05, 0) is 25.0 Å². The smallest absolute Gasteiger partial charge is 0.127 e. The van der Waals surface area contributed by atoms with Crippen LogP contribution in [0.15, 0.2) is 23.4 Å². The van der Waals surface area contributed by atoms with Gasteiger partial charge in [-0.1, -0.05) is 25.8 Å². The molecule has 14 heavy (non-hydrogen) atoms. The molecule has 0 bridgehead atoms. The van der Waals surface area contributed by atoms with E-state index in [-0.39, 0.29) is 0 Å². The number of unbranched alkanes of at least 4 members (excludes halogenated alkanes) is 2. The van der Waals surface area contributed by atoms with Crippen LogP contribution in [0.5, 0.6) is 0 Å². The number of rotatable bonds is 5. The molecule has 0 saturated heterocycles. The first-order valence-corrected chi connectivity index (χ1v) is 6.37. The molecule has 0 aliphatic heterocycles. The van der Waals surface area contributed by atoms with E-state index in [9.17, 15) is 4.21 Å². The number of aromatic nitrogens is 1. The fraction of sp³-hybridized carbons (Fsp3) is 0.545. The zero-order chi connectivity index (χ0) is 10.4. The van der Waals surface area contributed by atoms with Crippen LogP contribution >= 0.6 is 0 Å². The Hall–Kier alpha value is -0.700. The van der Waals surface area contributed by atoms with Crippen molar-refractivity contribution in [1.82, 2.24) is 4.98 Å². The zero-order valence-electron chi connectivity index (χ0n) is 8.82. The Kier molecular flexibility index (Phi) is 4.80. The summed E-state index contributed by atoms with van der Waals surface area (Å²) in [6.07, 6.45) is 5.11. The van der Waals surface area contributed by atoms with Crippen LogP contribution in [0.4, 0.5) is 0 Å². The van der Waals surface area contributed by atoms with Gasteiger partial charge in [0.15, 0.2) is 0 Å². The first-order valence-electron chi connectivity index (χ1n) is 5.05. The van der Waals surface area contributed by atoms with Gasteiger partial charge in [0.2, 0.25) is 0 Å². The monoisotopic (exact) mass is 211 g/mol. The first-order chi connectivity index (χ1) is 6.74. The Labute approximate surface area is 88.2 Å². The normalized spacial score (nSPS) is 12.7. The van der Waals surface area contributed by atoms with Crippen LogP contribution in [0.25, 0.3) is 0 Å². The molecule has 0 radical (unpaired) electrons. The van der Waals surface area contributed by atoms with Crippen LogP contribution in [0.1, 0.15) is 31.7 Å². The molecule has 1 aromatic rings. The summed E-state index contributed by atoms with van der Waals surface area (Å²) in [6, 6.07) is 3.82. The summed E-state index contributed by atoms with van der Waals surface area (Å²) in [4.78, 5) is 4.16. The van der Waals surface area contributed by atoms with E-state index in [0.717, 1.165) is 24.2 Å². The standard InChI is InChI=1S/C11H17NOS/c1-3-4-5-8-14(13)11-7-6-10(2)9-12-11/h6-7,9H,3-5,8H2,1-2H3. The van der Waals surface area contributed by atoms with Crippen LogP contribution < -0.4 is 0 Å². The van der Waals surface area contributed by atoms with Crippen molar-refractivity contribution in [2.75, 3.05) is 5.75 Å². The molecule has 0 spiro atoms. The second kappa shape index (κ2) is 5.91. The first kappa shape index (κ1) is 11.4. The number of aryl methyl sites for hydroxylation is 1. The van der Waals surface area contributed by atoms with Gasteiger partial charge in [0, 0.05) is 11.9 Å². The molecule has 0 amide bonds. The molecule has 1 heterocycles. The van der Waals surface area contributed by atoms with Crippen molar-refractivity contribution >= 4 is 10.8 Å². The van der Waals surface area contributed by atoms with Gasteiger partial charge >= 0.3 is 0 Å². The van der Waals surface area contributed by atoms with Gasteiger partial charge in [-0.25, -0.2) is 4.98 Å². The Morgan fingerprint density at radius 3 is 2.71 bits per heavy atom. The van der Waals surface area contributed by atoms with Crippen LogP contribution in [0.2, 0.25) is 0 Å². The summed E-state index contributed by atoms with van der Waals surface area (Å²) in [5.41, 5.74) is 1.11. The second-order valence-electron chi connectivity index (χ2n) is 3.43. The van der Waals surface area contributed by atoms with E-state index >= 15 is 0 Å². The predicted octanol–water partition coefficient (Wildman–Crippen LogP) is 2.69. The molecule has 0 N–H and O–H groups in total. The lowest BCUT2D eigenvalue weighted by atomic mass is 10.3. The van der Waals surface area contributed by atoms with Crippen LogP contribution in [0, 0.1) is 6.92 Å². The van der Waals surface area contributed by atoms with Gasteiger partial charge in [0.1, 0.15) is 5.03 Å². The minimum absolute atomic E-state index is 0.715. The van der Waals surface area contributed by atoms with Crippen LogP contribution in [-0.2, 0) is 10.8 Å². The molecule has 0 saturated carbocycles. The number of hydrogen-bond donors (Lipinski definition) is 0. The van der Waals surface area contributed by atoms with Gasteiger partial charge in [-0.2, -0.15) is 0 Å². The lowest BCUT2D eigenvalue weighted by Gasteiger charge is -2.00. The quantitative estimate of drug-likeness (QED) is 0.701. The molecule has 0 aliphatic carbocycles. The Balaban J connectivity index is 2.48. The highest BCUT2D eigenvalue weighted by Crippen LogP contribution is 2.06. The minimum Gasteiger partial charge on any atom is -0.253 e. The van der Waals surface area contributed by atoms with E-state index in [1.165, 1.54) is 6.42 Å². The topological polar surface area (TPSA) is 30.0 Å². The van der Waals surface area contributed by atoms with Gasteiger partial charge in [-0.3, -0.25) is 4.21 Å². The van der Waals surface area contributed by atoms with Gasteiger partial charge in [-0.15, -0.1) is 0 Å². The van der Waals surface area contributed by atoms with E-state index in [0.29, 0.717) is 5.03 Å². The summed E-state index contributed by atoms with van der Waals surface area (Å²) in [5.74, 6) is 0.740. The molecule has 1 rings (SSSR count). The molecule has 1 unspecified atom stereocenters. The summed E-state index contributed by atoms with van der Waals surface area (Å²) in [5, 5.41) is 0.715. The third kappa shape index (κ3) is 3.58. The van der Waals surface area contributed by atoms with Crippen molar-refractivity contribution in [1.29, 1.82) is 0 Å². The van der Waals surface area contributed by atoms with Crippen molar-refractivity contribution in [3.8, 4) is 0 Å². The number of hydrogen-bond acceptors (Lipinski definition) is 2. The lowest BCUT2D eigenvalue weighted by molar-refractivity contribution is 0.673. The van der Waals surface area contributed by atoms with E-state index in [4.69, 9.17) is 0 Å². The fourth-order valence-corrected chi connectivity index (χ4v) is 2.24. The van der Waals surface area contributed by atoms with Crippen molar-refractivity contribution < 1.29 is 4.21 Å². The molecule has 2 nitrogen and oxygen atoms in total. The van der Waals surface area contributed by atoms with Crippen molar-refractivity contribution in [3.05, 3.63) is 23.9 Å². The molecular formula is C11H17NOS. The SMILES string of the molecule is CCCCCS(=O)c1ccc(C)cn1. The molecular weight excluding hydrogens is 194 g/mol. The van der Waals surface area contributed by atoms with Crippen molar-refractivity contribution in [3.63, 3.8) is 0 Å². The molecule has 0 aliphatic rings. The lowest BCUT2D eigenvalue weighted by Crippen LogP contribution is -2.00. The zero-order valence-corrected chi connectivity index (χ0v) is 9.64. The van der Waals surface area contributed by atoms with Gasteiger partial charge in [0.25, 0.3) is 0 Å². The summed E-state index contributed by atoms with van der Waals surface area (Å²) >= 11 is 0. The maximum absolute atomic E-state index is 11.7. The molecule has 0 aromatic carbocycles. The Bertz CT molecular complexity index is 295. The number of pyridine rings is 1. The van der Waals surface area contributed by atoms with E-state index in [1.807, 2.05) is 19.1 Å². The summed E-state index contributed by atoms with van der Waals surface area (Å²) < 4.78 is 11.7. The average molecular weight is 211 g/mol. The molecule has 3 heteroatoms. The predicted molar refractivity (Wildman–Crippen MR) is 59.8 cm³/mol. The maximum atomic E-state index is 11.7. The summed E-state index contributed by atoms with van der Waals surface area (Å²) in [7, 11) is -0.904. The second-order valence-corrected chi connectivity index (χ2v) is 4.95. The molecule has 1 atom stereocenters. The Morgan fingerprint density at radius 2 is 2.14 bits per heavy atom. The van der Waals surface area contributed by atoms with Crippen LogP contribution in [0.3, 0.4) is 0 Å². The maximum Gasteiger partial charge on any atom is 0.127 e. The molecule has 0 fully saturated rings. The van der Waals surface area contributed by atoms with Gasteiger partial charge in [0.05, 0.1) is 10.8 Å². The van der Waals surface area contributed by atoms with Crippen molar-refractivity contribution in [2.45, 2.75) is 38.1 Å². The average Bonchev–Trinajstić information content (AvgIpc) is 2.19. The van der Waals surface area contributed by atoms with Crippen LogP contribution in [-0.4, -0.2) is 14.9 Å².